The molecule has 0 saturated heterocycles. The number of furan rings is 1. The minimum Gasteiger partial charge on any atom is -0.465 e. The van der Waals surface area contributed by atoms with Crippen LogP contribution in [0.4, 0.5) is 4.79 Å². The van der Waals surface area contributed by atoms with Crippen molar-refractivity contribution in [2.45, 2.75) is 26.9 Å². The van der Waals surface area contributed by atoms with Gasteiger partial charge in [-0.05, 0) is 20.8 Å². The van der Waals surface area contributed by atoms with Gasteiger partial charge >= 0.3 is 12.0 Å². The second kappa shape index (κ2) is 7.65. The molecule has 1 aromatic carbocycles. The van der Waals surface area contributed by atoms with E-state index in [-0.39, 0.29) is 5.56 Å². The van der Waals surface area contributed by atoms with E-state index in [9.17, 15) is 14.4 Å². The number of hydrogen-bond donors (Lipinski definition) is 2. The molecular formula is C18H20N2O5. The van der Waals surface area contributed by atoms with Crippen molar-refractivity contribution < 1.29 is 23.5 Å². The van der Waals surface area contributed by atoms with E-state index < -0.39 is 24.0 Å². The van der Waals surface area contributed by atoms with E-state index in [4.69, 9.17) is 9.15 Å². The highest BCUT2D eigenvalue weighted by molar-refractivity contribution is 5.99. The van der Waals surface area contributed by atoms with Crippen molar-refractivity contribution in [1.29, 1.82) is 0 Å². The van der Waals surface area contributed by atoms with Crippen LogP contribution in [-0.2, 0) is 9.53 Å². The fraction of sp³-hybridized carbons (Fsp3) is 0.278. The van der Waals surface area contributed by atoms with Gasteiger partial charge in [0.1, 0.15) is 17.1 Å². The first-order chi connectivity index (χ1) is 11.8. The Morgan fingerprint density at radius 1 is 1.04 bits per heavy atom. The fourth-order valence-electron chi connectivity index (χ4n) is 2.40. The van der Waals surface area contributed by atoms with Crippen LogP contribution in [0.5, 0.6) is 0 Å². The monoisotopic (exact) mass is 344 g/mol. The van der Waals surface area contributed by atoms with Crippen LogP contribution in [0.15, 0.2) is 34.7 Å². The van der Waals surface area contributed by atoms with Crippen LogP contribution < -0.4 is 10.6 Å². The molecule has 2 N–H and O–H groups in total. The number of imide groups is 1. The Balaban J connectivity index is 2.31. The van der Waals surface area contributed by atoms with Crippen LogP contribution in [0.3, 0.4) is 0 Å². The summed E-state index contributed by atoms with van der Waals surface area (Å²) in [7, 11) is 1.38. The lowest BCUT2D eigenvalue weighted by Gasteiger charge is -2.17. The summed E-state index contributed by atoms with van der Waals surface area (Å²) in [5.74, 6) is -0.406. The van der Waals surface area contributed by atoms with Crippen LogP contribution in [-0.4, -0.2) is 25.0 Å². The minimum atomic E-state index is -1.26. The van der Waals surface area contributed by atoms with Crippen LogP contribution in [0.25, 0.3) is 0 Å². The number of rotatable bonds is 4. The Hall–Kier alpha value is -3.09. The van der Waals surface area contributed by atoms with Crippen molar-refractivity contribution in [1.82, 2.24) is 10.6 Å². The molecule has 1 heterocycles. The van der Waals surface area contributed by atoms with Gasteiger partial charge in [-0.1, -0.05) is 30.3 Å². The average molecular weight is 344 g/mol. The maximum absolute atomic E-state index is 12.6. The lowest BCUT2D eigenvalue weighted by Crippen LogP contribution is -2.41. The predicted octanol–water partition coefficient (Wildman–Crippen LogP) is 2.56. The third kappa shape index (κ3) is 4.06. The third-order valence-corrected chi connectivity index (χ3v) is 3.79. The summed E-state index contributed by atoms with van der Waals surface area (Å²) in [6.07, 6.45) is -1.26. The lowest BCUT2D eigenvalue weighted by atomic mass is 10.1. The molecule has 1 aromatic heterocycles. The Morgan fingerprint density at radius 2 is 1.68 bits per heavy atom. The number of benzene rings is 1. The van der Waals surface area contributed by atoms with Gasteiger partial charge in [0.15, 0.2) is 0 Å². The van der Waals surface area contributed by atoms with Crippen molar-refractivity contribution in [3.05, 3.63) is 58.5 Å². The summed E-state index contributed by atoms with van der Waals surface area (Å²) >= 11 is 0. The molecule has 0 aliphatic carbocycles. The molecule has 0 spiro atoms. The summed E-state index contributed by atoms with van der Waals surface area (Å²) in [6.45, 7) is 5.13. The van der Waals surface area contributed by atoms with Crippen LogP contribution >= 0.6 is 0 Å². The number of aryl methyl sites for hydroxylation is 2. The zero-order chi connectivity index (χ0) is 18.6. The lowest BCUT2D eigenvalue weighted by molar-refractivity contribution is -0.129. The quantitative estimate of drug-likeness (QED) is 0.831. The van der Waals surface area contributed by atoms with Crippen molar-refractivity contribution in [3.8, 4) is 0 Å². The molecular weight excluding hydrogens is 324 g/mol. The molecule has 0 radical (unpaired) electrons. The zero-order valence-electron chi connectivity index (χ0n) is 14.5. The summed E-state index contributed by atoms with van der Waals surface area (Å²) in [4.78, 5) is 36.4. The Kier molecular flexibility index (Phi) is 5.59. The summed E-state index contributed by atoms with van der Waals surface area (Å²) < 4.78 is 10.8. The van der Waals surface area contributed by atoms with E-state index in [1.165, 1.54) is 7.05 Å². The molecule has 1 atom stereocenters. The van der Waals surface area contributed by atoms with E-state index in [0.29, 0.717) is 22.6 Å². The maximum atomic E-state index is 12.6. The summed E-state index contributed by atoms with van der Waals surface area (Å²) in [5, 5.41) is 4.41. The molecule has 2 aromatic rings. The summed E-state index contributed by atoms with van der Waals surface area (Å²) in [6, 6.07) is 7.79. The molecule has 0 fully saturated rings. The van der Waals surface area contributed by atoms with Gasteiger partial charge in [0.2, 0.25) is 6.10 Å². The molecule has 132 valence electrons. The smallest absolute Gasteiger partial charge is 0.343 e. The first-order valence-corrected chi connectivity index (χ1v) is 7.70. The predicted molar refractivity (Wildman–Crippen MR) is 90.1 cm³/mol. The van der Waals surface area contributed by atoms with Gasteiger partial charge in [0.05, 0.1) is 0 Å². The van der Waals surface area contributed by atoms with E-state index in [1.54, 1.807) is 51.1 Å². The Labute approximate surface area is 145 Å². The Bertz CT molecular complexity index is 795. The topological polar surface area (TPSA) is 97.6 Å². The van der Waals surface area contributed by atoms with Gasteiger partial charge in [0, 0.05) is 18.2 Å². The number of urea groups is 1. The SMILES string of the molecule is CNC(=O)NC(=O)[C@@H](OC(=O)c1c(C)oc(C)c1C)c1ccccc1. The maximum Gasteiger partial charge on any atom is 0.343 e. The van der Waals surface area contributed by atoms with E-state index >= 15 is 0 Å². The molecule has 7 heteroatoms. The van der Waals surface area contributed by atoms with Gasteiger partial charge in [-0.25, -0.2) is 9.59 Å². The first kappa shape index (κ1) is 18.3. The van der Waals surface area contributed by atoms with Crippen molar-refractivity contribution in [2.75, 3.05) is 7.05 Å². The first-order valence-electron chi connectivity index (χ1n) is 7.70. The van der Waals surface area contributed by atoms with Crippen LogP contribution in [0, 0.1) is 20.8 Å². The van der Waals surface area contributed by atoms with E-state index in [1.807, 2.05) is 0 Å². The second-order valence-electron chi connectivity index (χ2n) is 5.48. The van der Waals surface area contributed by atoms with Gasteiger partial charge in [-0.15, -0.1) is 0 Å². The second-order valence-corrected chi connectivity index (χ2v) is 5.48. The van der Waals surface area contributed by atoms with Gasteiger partial charge < -0.3 is 14.5 Å². The summed E-state index contributed by atoms with van der Waals surface area (Å²) in [5.41, 5.74) is 1.39. The fourth-order valence-corrected chi connectivity index (χ4v) is 2.40. The highest BCUT2D eigenvalue weighted by Crippen LogP contribution is 2.25. The average Bonchev–Trinajstić information content (AvgIpc) is 2.85. The van der Waals surface area contributed by atoms with Gasteiger partial charge in [0.25, 0.3) is 5.91 Å². The van der Waals surface area contributed by atoms with Crippen molar-refractivity contribution in [2.24, 2.45) is 0 Å². The van der Waals surface area contributed by atoms with E-state index in [0.717, 1.165) is 0 Å². The van der Waals surface area contributed by atoms with Gasteiger partial charge in [-0.2, -0.15) is 0 Å². The van der Waals surface area contributed by atoms with Crippen molar-refractivity contribution in [3.63, 3.8) is 0 Å². The van der Waals surface area contributed by atoms with Crippen LogP contribution in [0.1, 0.15) is 39.1 Å². The highest BCUT2D eigenvalue weighted by atomic mass is 16.5. The standard InChI is InChI=1S/C18H20N2O5/c1-10-11(2)24-12(3)14(10)17(22)25-15(13-8-6-5-7-9-13)16(21)20-18(23)19-4/h5-9,15H,1-4H3,(H2,19,20,21,23)/t15-/m0/s1. The highest BCUT2D eigenvalue weighted by Gasteiger charge is 2.29. The van der Waals surface area contributed by atoms with Gasteiger partial charge in [-0.3, -0.25) is 10.1 Å². The Morgan fingerprint density at radius 3 is 2.20 bits per heavy atom. The number of ether oxygens (including phenoxy) is 1. The number of carbonyl (C=O) groups excluding carboxylic acids is 3. The molecule has 0 aliphatic rings. The van der Waals surface area contributed by atoms with Crippen LogP contribution in [0.2, 0.25) is 0 Å². The minimum absolute atomic E-state index is 0.283. The van der Waals surface area contributed by atoms with E-state index in [2.05, 4.69) is 10.6 Å². The number of carbonyl (C=O) groups is 3. The number of esters is 1. The largest absolute Gasteiger partial charge is 0.465 e. The normalized spacial score (nSPS) is 11.5. The molecule has 3 amide bonds. The van der Waals surface area contributed by atoms with Crippen molar-refractivity contribution >= 4 is 17.9 Å². The third-order valence-electron chi connectivity index (χ3n) is 3.79. The molecule has 7 nitrogen and oxygen atoms in total. The molecule has 2 rings (SSSR count). The number of nitrogens with one attached hydrogen (secondary N) is 2. The number of amides is 3. The molecule has 25 heavy (non-hydrogen) atoms. The zero-order valence-corrected chi connectivity index (χ0v) is 14.5. The molecule has 0 aliphatic heterocycles. The number of hydrogen-bond acceptors (Lipinski definition) is 5. The molecule has 0 saturated carbocycles. The molecule has 0 bridgehead atoms. The molecule has 0 unspecified atom stereocenters.